The van der Waals surface area contributed by atoms with Gasteiger partial charge in [0.15, 0.2) is 23.0 Å². The number of phenols is 1. The Kier molecular flexibility index (Phi) is 5.24. The summed E-state index contributed by atoms with van der Waals surface area (Å²) in [6, 6.07) is 17.1. The standard InChI is InChI=1S/C26H26N2O5/c1-15-8-10-21(29)18(12-15)19-14-20-17-6-5-7-23(31-3)25(17)33-26(28(20)27-19)16-9-11-22(30-2)24(13-16)32-4/h5-13,20,26,29H,14H2,1-4H3/t20-,26+/m0/s1. The molecule has 0 bridgehead atoms. The van der Waals surface area contributed by atoms with Crippen molar-refractivity contribution in [2.45, 2.75) is 25.6 Å². The number of benzene rings is 3. The van der Waals surface area contributed by atoms with E-state index in [1.165, 1.54) is 0 Å². The minimum atomic E-state index is -0.511. The van der Waals surface area contributed by atoms with Crippen molar-refractivity contribution in [1.82, 2.24) is 5.01 Å². The van der Waals surface area contributed by atoms with Crippen LogP contribution in [0.25, 0.3) is 0 Å². The Morgan fingerprint density at radius 3 is 2.48 bits per heavy atom. The smallest absolute Gasteiger partial charge is 0.214 e. The first-order valence-electron chi connectivity index (χ1n) is 10.7. The van der Waals surface area contributed by atoms with Gasteiger partial charge in [0, 0.05) is 23.1 Å². The summed E-state index contributed by atoms with van der Waals surface area (Å²) in [5, 5.41) is 17.4. The van der Waals surface area contributed by atoms with Crippen molar-refractivity contribution in [2.24, 2.45) is 5.10 Å². The van der Waals surface area contributed by atoms with E-state index in [1.807, 2.05) is 60.5 Å². The molecule has 0 unspecified atom stereocenters. The molecule has 2 atom stereocenters. The Morgan fingerprint density at radius 2 is 1.73 bits per heavy atom. The Balaban J connectivity index is 1.64. The molecule has 0 radical (unpaired) electrons. The summed E-state index contributed by atoms with van der Waals surface area (Å²) in [7, 11) is 4.85. The van der Waals surface area contributed by atoms with E-state index in [2.05, 4.69) is 0 Å². The number of methoxy groups -OCH3 is 3. The number of aryl methyl sites for hydroxylation is 1. The van der Waals surface area contributed by atoms with Gasteiger partial charge >= 0.3 is 0 Å². The van der Waals surface area contributed by atoms with Crippen LogP contribution in [-0.4, -0.2) is 37.2 Å². The van der Waals surface area contributed by atoms with Crippen LogP contribution >= 0.6 is 0 Å². The molecule has 2 heterocycles. The van der Waals surface area contributed by atoms with Crippen molar-refractivity contribution in [3.05, 3.63) is 76.9 Å². The van der Waals surface area contributed by atoms with E-state index in [-0.39, 0.29) is 11.8 Å². The van der Waals surface area contributed by atoms with E-state index in [4.69, 9.17) is 24.0 Å². The van der Waals surface area contributed by atoms with Crippen molar-refractivity contribution >= 4 is 5.71 Å². The molecule has 1 N–H and O–H groups in total. The molecular formula is C26H26N2O5. The van der Waals surface area contributed by atoms with E-state index in [0.29, 0.717) is 29.4 Å². The van der Waals surface area contributed by atoms with E-state index in [9.17, 15) is 5.11 Å². The molecule has 7 nitrogen and oxygen atoms in total. The number of fused-ring (bicyclic) bond motifs is 3. The molecule has 0 amide bonds. The van der Waals surface area contributed by atoms with Gasteiger partial charge in [-0.05, 0) is 43.3 Å². The van der Waals surface area contributed by atoms with Gasteiger partial charge in [-0.1, -0.05) is 23.8 Å². The van der Waals surface area contributed by atoms with Crippen molar-refractivity contribution in [3.63, 3.8) is 0 Å². The van der Waals surface area contributed by atoms with Gasteiger partial charge in [0.25, 0.3) is 0 Å². The van der Waals surface area contributed by atoms with Crippen LogP contribution in [-0.2, 0) is 0 Å². The maximum atomic E-state index is 10.5. The van der Waals surface area contributed by atoms with Gasteiger partial charge in [0.2, 0.25) is 6.23 Å². The van der Waals surface area contributed by atoms with E-state index < -0.39 is 6.23 Å². The Bertz CT molecular complexity index is 1240. The highest BCUT2D eigenvalue weighted by atomic mass is 16.5. The lowest BCUT2D eigenvalue weighted by atomic mass is 9.94. The maximum Gasteiger partial charge on any atom is 0.214 e. The molecule has 2 aliphatic heterocycles. The lowest BCUT2D eigenvalue weighted by Crippen LogP contribution is -2.33. The fraction of sp³-hybridized carbons (Fsp3) is 0.269. The molecule has 0 fully saturated rings. The number of phenolic OH excluding ortho intramolecular Hbond substituents is 1. The lowest BCUT2D eigenvalue weighted by molar-refractivity contribution is -0.0210. The first-order chi connectivity index (χ1) is 16.0. The Hall–Kier alpha value is -3.87. The number of rotatable bonds is 5. The predicted octanol–water partition coefficient (Wildman–Crippen LogP) is 4.97. The minimum Gasteiger partial charge on any atom is -0.507 e. The van der Waals surface area contributed by atoms with Crippen molar-refractivity contribution in [2.75, 3.05) is 21.3 Å². The Morgan fingerprint density at radius 1 is 0.939 bits per heavy atom. The number of aromatic hydroxyl groups is 1. The topological polar surface area (TPSA) is 72.8 Å². The fourth-order valence-electron chi connectivity index (χ4n) is 4.51. The van der Waals surface area contributed by atoms with Gasteiger partial charge in [-0.25, -0.2) is 5.01 Å². The van der Waals surface area contributed by atoms with Gasteiger partial charge in [-0.15, -0.1) is 0 Å². The number of para-hydroxylation sites is 1. The third-order valence-corrected chi connectivity index (χ3v) is 6.16. The summed E-state index contributed by atoms with van der Waals surface area (Å²) in [4.78, 5) is 0. The largest absolute Gasteiger partial charge is 0.507 e. The van der Waals surface area contributed by atoms with Crippen molar-refractivity contribution in [1.29, 1.82) is 0 Å². The average Bonchev–Trinajstić information content (AvgIpc) is 3.29. The summed E-state index contributed by atoms with van der Waals surface area (Å²) in [5.41, 5.74) is 4.47. The molecule has 2 aliphatic rings. The first kappa shape index (κ1) is 21.0. The van der Waals surface area contributed by atoms with Crippen LogP contribution in [0.1, 0.15) is 40.9 Å². The number of nitrogens with zero attached hydrogens (tertiary/aromatic N) is 2. The van der Waals surface area contributed by atoms with Gasteiger partial charge < -0.3 is 24.1 Å². The summed E-state index contributed by atoms with van der Waals surface area (Å²) in [6.07, 6.45) is 0.118. The monoisotopic (exact) mass is 446 g/mol. The first-order valence-corrected chi connectivity index (χ1v) is 10.7. The molecule has 3 aromatic carbocycles. The SMILES string of the molecule is COc1ccc([C@H]2Oc3c(OC)cccc3[C@@H]3CC(c4cc(C)ccc4O)=NN23)cc1OC. The predicted molar refractivity (Wildman–Crippen MR) is 124 cm³/mol. The van der Waals surface area contributed by atoms with Gasteiger partial charge in [0.1, 0.15) is 5.75 Å². The van der Waals surface area contributed by atoms with Gasteiger partial charge in [-0.3, -0.25) is 0 Å². The van der Waals surface area contributed by atoms with E-state index in [0.717, 1.165) is 28.0 Å². The minimum absolute atomic E-state index is 0.0724. The van der Waals surface area contributed by atoms with Crippen LogP contribution < -0.4 is 18.9 Å². The third kappa shape index (κ3) is 3.50. The quantitative estimate of drug-likeness (QED) is 0.597. The molecular weight excluding hydrogens is 420 g/mol. The molecule has 0 aromatic heterocycles. The van der Waals surface area contributed by atoms with Crippen LogP contribution in [0.15, 0.2) is 59.7 Å². The number of hydrogen-bond acceptors (Lipinski definition) is 7. The summed E-state index contributed by atoms with van der Waals surface area (Å²) < 4.78 is 23.0. The molecule has 0 saturated heterocycles. The highest BCUT2D eigenvalue weighted by Gasteiger charge is 2.42. The van der Waals surface area contributed by atoms with Crippen LogP contribution in [0, 0.1) is 6.92 Å². The molecule has 33 heavy (non-hydrogen) atoms. The zero-order chi connectivity index (χ0) is 23.1. The lowest BCUT2D eigenvalue weighted by Gasteiger charge is -2.38. The summed E-state index contributed by atoms with van der Waals surface area (Å²) >= 11 is 0. The summed E-state index contributed by atoms with van der Waals surface area (Å²) in [6.45, 7) is 2.00. The van der Waals surface area contributed by atoms with Crippen LogP contribution in [0.3, 0.4) is 0 Å². The van der Waals surface area contributed by atoms with E-state index in [1.54, 1.807) is 27.4 Å². The second kappa shape index (κ2) is 8.24. The molecule has 5 rings (SSSR count). The van der Waals surface area contributed by atoms with Crippen molar-refractivity contribution < 1.29 is 24.1 Å². The zero-order valence-corrected chi connectivity index (χ0v) is 19.0. The molecule has 0 spiro atoms. The molecule has 0 aliphatic carbocycles. The average molecular weight is 447 g/mol. The molecule has 170 valence electrons. The van der Waals surface area contributed by atoms with Crippen LogP contribution in [0.4, 0.5) is 0 Å². The Labute approximate surface area is 192 Å². The number of ether oxygens (including phenoxy) is 4. The fourth-order valence-corrected chi connectivity index (χ4v) is 4.51. The zero-order valence-electron chi connectivity index (χ0n) is 19.0. The highest BCUT2D eigenvalue weighted by Crippen LogP contribution is 2.51. The maximum absolute atomic E-state index is 10.5. The number of hydrogen-bond donors (Lipinski definition) is 1. The third-order valence-electron chi connectivity index (χ3n) is 6.16. The van der Waals surface area contributed by atoms with Gasteiger partial charge in [0.05, 0.1) is 33.1 Å². The van der Waals surface area contributed by atoms with Crippen LogP contribution in [0.2, 0.25) is 0 Å². The molecule has 7 heteroatoms. The molecule has 3 aromatic rings. The van der Waals surface area contributed by atoms with Gasteiger partial charge in [-0.2, -0.15) is 5.10 Å². The normalized spacial score (nSPS) is 18.7. The van der Waals surface area contributed by atoms with Crippen LogP contribution in [0.5, 0.6) is 28.7 Å². The second-order valence-electron chi connectivity index (χ2n) is 8.13. The summed E-state index contributed by atoms with van der Waals surface area (Å²) in [5.74, 6) is 2.84. The van der Waals surface area contributed by atoms with E-state index >= 15 is 0 Å². The molecule has 0 saturated carbocycles. The second-order valence-corrected chi connectivity index (χ2v) is 8.13. The number of hydrazone groups is 1. The highest BCUT2D eigenvalue weighted by molar-refractivity contribution is 6.04. The van der Waals surface area contributed by atoms with Crippen molar-refractivity contribution in [3.8, 4) is 28.7 Å².